The first-order chi connectivity index (χ1) is 14.3. The molecule has 1 heterocycles. The summed E-state index contributed by atoms with van der Waals surface area (Å²) in [5.41, 5.74) is -0.290. The van der Waals surface area contributed by atoms with Crippen molar-refractivity contribution in [2.45, 2.75) is 37.6 Å². The van der Waals surface area contributed by atoms with Crippen LogP contribution in [0.3, 0.4) is 0 Å². The average molecular weight is 441 g/mol. The number of carbonyl (C=O) groups excluding carboxylic acids is 1. The van der Waals surface area contributed by atoms with E-state index in [0.717, 1.165) is 12.5 Å². The van der Waals surface area contributed by atoms with Crippen LogP contribution in [0.4, 0.5) is 5.69 Å². The standard InChI is InChI=1S/C18H28N6O5S/c1-3-17(25)23-11-8-14(13-23)22-18(19-4-2)20-9-10-21-30(28,29)16-7-5-6-15(12-16)24(26)27/h5-7,12,14,21H,3-4,8-11,13H2,1-2H3,(H2,19,20,22). The number of likely N-dealkylation sites (tertiary alicyclic amines) is 1. The van der Waals surface area contributed by atoms with Gasteiger partial charge in [0.2, 0.25) is 15.9 Å². The molecule has 0 bridgehead atoms. The Hall–Kier alpha value is -2.73. The first kappa shape index (κ1) is 23.5. The molecule has 1 aromatic carbocycles. The molecule has 0 spiro atoms. The van der Waals surface area contributed by atoms with Gasteiger partial charge in [-0.25, -0.2) is 13.1 Å². The van der Waals surface area contributed by atoms with Crippen LogP contribution in [0, 0.1) is 10.1 Å². The minimum Gasteiger partial charge on any atom is -0.357 e. The van der Waals surface area contributed by atoms with Gasteiger partial charge in [-0.2, -0.15) is 0 Å². The number of rotatable bonds is 9. The monoisotopic (exact) mass is 440 g/mol. The van der Waals surface area contributed by atoms with Crippen molar-refractivity contribution in [3.63, 3.8) is 0 Å². The molecule has 2 rings (SSSR count). The summed E-state index contributed by atoms with van der Waals surface area (Å²) in [5, 5.41) is 17.2. The van der Waals surface area contributed by atoms with Crippen molar-refractivity contribution in [2.75, 3.05) is 32.7 Å². The number of nitro benzene ring substituents is 1. The fraction of sp³-hybridized carbons (Fsp3) is 0.556. The maximum atomic E-state index is 12.3. The molecule has 166 valence electrons. The summed E-state index contributed by atoms with van der Waals surface area (Å²) in [5.74, 6) is 0.666. The smallest absolute Gasteiger partial charge is 0.270 e. The SMILES string of the molecule is CCNC(=NCCNS(=O)(=O)c1cccc([N+](=O)[O-])c1)NC1CCN(C(=O)CC)C1. The van der Waals surface area contributed by atoms with Crippen molar-refractivity contribution in [3.05, 3.63) is 34.4 Å². The zero-order chi connectivity index (χ0) is 22.1. The molecule has 1 saturated heterocycles. The Morgan fingerprint density at radius 1 is 1.37 bits per heavy atom. The van der Waals surface area contributed by atoms with E-state index in [1.54, 1.807) is 0 Å². The summed E-state index contributed by atoms with van der Waals surface area (Å²) < 4.78 is 27.1. The summed E-state index contributed by atoms with van der Waals surface area (Å²) in [6.07, 6.45) is 1.29. The van der Waals surface area contributed by atoms with E-state index in [2.05, 4.69) is 20.3 Å². The summed E-state index contributed by atoms with van der Waals surface area (Å²) >= 11 is 0. The van der Waals surface area contributed by atoms with Gasteiger partial charge < -0.3 is 15.5 Å². The molecule has 0 aromatic heterocycles. The van der Waals surface area contributed by atoms with Crippen molar-refractivity contribution in [1.29, 1.82) is 0 Å². The van der Waals surface area contributed by atoms with Crippen molar-refractivity contribution in [1.82, 2.24) is 20.3 Å². The Balaban J connectivity index is 1.90. The van der Waals surface area contributed by atoms with Crippen LogP contribution in [0.2, 0.25) is 0 Å². The molecule has 1 fully saturated rings. The first-order valence-electron chi connectivity index (χ1n) is 9.83. The van der Waals surface area contributed by atoms with E-state index in [-0.39, 0.29) is 35.6 Å². The lowest BCUT2D eigenvalue weighted by Crippen LogP contribution is -2.45. The van der Waals surface area contributed by atoms with Crippen LogP contribution in [0.5, 0.6) is 0 Å². The number of nitro groups is 1. The fourth-order valence-electron chi connectivity index (χ4n) is 3.04. The van der Waals surface area contributed by atoms with Gasteiger partial charge in [-0.3, -0.25) is 19.9 Å². The van der Waals surface area contributed by atoms with E-state index in [1.165, 1.54) is 18.2 Å². The number of guanidine groups is 1. The van der Waals surface area contributed by atoms with Crippen molar-refractivity contribution < 1.29 is 18.1 Å². The predicted octanol–water partition coefficient (Wildman–Crippen LogP) is 0.439. The maximum Gasteiger partial charge on any atom is 0.270 e. The number of nitrogens with one attached hydrogen (secondary N) is 3. The highest BCUT2D eigenvalue weighted by Crippen LogP contribution is 2.17. The normalized spacial score (nSPS) is 17.1. The van der Waals surface area contributed by atoms with Crippen molar-refractivity contribution >= 4 is 27.6 Å². The Morgan fingerprint density at radius 2 is 2.13 bits per heavy atom. The van der Waals surface area contributed by atoms with E-state index in [1.807, 2.05) is 18.7 Å². The number of aliphatic imine (C=N–C) groups is 1. The molecular formula is C18H28N6O5S. The molecule has 1 aliphatic rings. The second-order valence-corrected chi connectivity index (χ2v) is 8.50. The molecule has 0 radical (unpaired) electrons. The minimum absolute atomic E-state index is 0.0344. The number of carbonyl (C=O) groups is 1. The number of non-ortho nitro benzene ring substituents is 1. The van der Waals surface area contributed by atoms with Gasteiger partial charge in [0.25, 0.3) is 5.69 Å². The van der Waals surface area contributed by atoms with Gasteiger partial charge in [0.1, 0.15) is 0 Å². The molecule has 11 nitrogen and oxygen atoms in total. The summed E-state index contributed by atoms with van der Waals surface area (Å²) in [6.45, 7) is 5.91. The Morgan fingerprint density at radius 3 is 2.80 bits per heavy atom. The number of amides is 1. The van der Waals surface area contributed by atoms with Gasteiger partial charge >= 0.3 is 0 Å². The molecule has 1 amide bonds. The van der Waals surface area contributed by atoms with Crippen LogP contribution in [0.15, 0.2) is 34.2 Å². The predicted molar refractivity (Wildman–Crippen MR) is 113 cm³/mol. The number of nitrogens with zero attached hydrogens (tertiary/aromatic N) is 3. The van der Waals surface area contributed by atoms with Crippen LogP contribution in [-0.4, -0.2) is 68.9 Å². The van der Waals surface area contributed by atoms with E-state index in [9.17, 15) is 23.3 Å². The lowest BCUT2D eigenvalue weighted by molar-refractivity contribution is -0.385. The Kier molecular flexibility index (Phi) is 8.54. The fourth-order valence-corrected chi connectivity index (χ4v) is 4.10. The van der Waals surface area contributed by atoms with Crippen molar-refractivity contribution in [2.24, 2.45) is 4.99 Å². The van der Waals surface area contributed by atoms with Gasteiger partial charge in [0, 0.05) is 50.8 Å². The van der Waals surface area contributed by atoms with Crippen LogP contribution in [0.1, 0.15) is 26.7 Å². The number of hydrogen-bond acceptors (Lipinski definition) is 6. The van der Waals surface area contributed by atoms with Gasteiger partial charge in [-0.05, 0) is 19.4 Å². The average Bonchev–Trinajstić information content (AvgIpc) is 3.19. The van der Waals surface area contributed by atoms with E-state index in [0.29, 0.717) is 32.0 Å². The molecule has 30 heavy (non-hydrogen) atoms. The largest absolute Gasteiger partial charge is 0.357 e. The third-order valence-corrected chi connectivity index (χ3v) is 6.00. The third kappa shape index (κ3) is 6.66. The minimum atomic E-state index is -3.88. The number of hydrogen-bond donors (Lipinski definition) is 3. The van der Waals surface area contributed by atoms with Gasteiger partial charge in [0.15, 0.2) is 5.96 Å². The summed E-state index contributed by atoms with van der Waals surface area (Å²) in [7, 11) is -3.88. The highest BCUT2D eigenvalue weighted by Gasteiger charge is 2.25. The van der Waals surface area contributed by atoms with Crippen LogP contribution in [-0.2, 0) is 14.8 Å². The summed E-state index contributed by atoms with van der Waals surface area (Å²) in [6, 6.07) is 4.95. The van der Waals surface area contributed by atoms with Crippen LogP contribution >= 0.6 is 0 Å². The number of benzene rings is 1. The molecule has 1 unspecified atom stereocenters. The molecule has 1 aromatic rings. The second kappa shape index (κ2) is 10.9. The van der Waals surface area contributed by atoms with E-state index >= 15 is 0 Å². The highest BCUT2D eigenvalue weighted by atomic mass is 32.2. The highest BCUT2D eigenvalue weighted by molar-refractivity contribution is 7.89. The molecule has 3 N–H and O–H groups in total. The Labute approximate surface area is 176 Å². The second-order valence-electron chi connectivity index (χ2n) is 6.74. The van der Waals surface area contributed by atoms with Gasteiger partial charge in [0.05, 0.1) is 16.4 Å². The van der Waals surface area contributed by atoms with Crippen LogP contribution < -0.4 is 15.4 Å². The van der Waals surface area contributed by atoms with Crippen LogP contribution in [0.25, 0.3) is 0 Å². The molecule has 12 heteroatoms. The Bertz CT molecular complexity index is 889. The van der Waals surface area contributed by atoms with E-state index < -0.39 is 14.9 Å². The van der Waals surface area contributed by atoms with Crippen molar-refractivity contribution in [3.8, 4) is 0 Å². The zero-order valence-corrected chi connectivity index (χ0v) is 17.9. The molecule has 0 saturated carbocycles. The van der Waals surface area contributed by atoms with Gasteiger partial charge in [-0.1, -0.05) is 13.0 Å². The maximum absolute atomic E-state index is 12.3. The zero-order valence-electron chi connectivity index (χ0n) is 17.1. The molecule has 1 aliphatic heterocycles. The first-order valence-corrected chi connectivity index (χ1v) is 11.3. The van der Waals surface area contributed by atoms with Gasteiger partial charge in [-0.15, -0.1) is 0 Å². The lowest BCUT2D eigenvalue weighted by Gasteiger charge is -2.18. The molecule has 1 atom stereocenters. The number of sulfonamides is 1. The quantitative estimate of drug-likeness (QED) is 0.166. The topological polar surface area (TPSA) is 146 Å². The molecular weight excluding hydrogens is 412 g/mol. The van der Waals surface area contributed by atoms with E-state index in [4.69, 9.17) is 0 Å². The lowest BCUT2D eigenvalue weighted by atomic mass is 10.3. The summed E-state index contributed by atoms with van der Waals surface area (Å²) in [4.78, 5) is 28.0. The third-order valence-electron chi connectivity index (χ3n) is 4.54. The molecule has 0 aliphatic carbocycles.